The first-order chi connectivity index (χ1) is 5.59. The van der Waals surface area contributed by atoms with Gasteiger partial charge in [-0.2, -0.15) is 0 Å². The van der Waals surface area contributed by atoms with Gasteiger partial charge in [-0.3, -0.25) is 4.79 Å². The van der Waals surface area contributed by atoms with Crippen LogP contribution in [-0.4, -0.2) is 30.6 Å². The van der Waals surface area contributed by atoms with Crippen molar-refractivity contribution >= 4 is 11.9 Å². The van der Waals surface area contributed by atoms with Gasteiger partial charge >= 0.3 is 5.97 Å². The van der Waals surface area contributed by atoms with Gasteiger partial charge in [-0.15, -0.1) is 0 Å². The van der Waals surface area contributed by atoms with Gasteiger partial charge in [0.25, 0.3) is 0 Å². The van der Waals surface area contributed by atoms with E-state index in [0.29, 0.717) is 13.0 Å². The molecule has 12 heavy (non-hydrogen) atoms. The minimum absolute atomic E-state index is 0.00785. The minimum Gasteiger partial charge on any atom is -0.459 e. The van der Waals surface area contributed by atoms with Crippen LogP contribution in [0.15, 0.2) is 4.99 Å². The van der Waals surface area contributed by atoms with Gasteiger partial charge in [0.05, 0.1) is 6.54 Å². The molecule has 1 saturated heterocycles. The molecule has 0 saturated carbocycles. The first-order valence-corrected chi connectivity index (χ1v) is 3.61. The lowest BCUT2D eigenvalue weighted by molar-refractivity contribution is -0.142. The summed E-state index contributed by atoms with van der Waals surface area (Å²) in [6.45, 7) is 0.293. The molecule has 0 unspecified atom stereocenters. The van der Waals surface area contributed by atoms with Crippen molar-refractivity contribution in [3.63, 3.8) is 0 Å². The molecular weight excluding hydrogens is 160 g/mol. The Bertz CT molecular complexity index is 212. The lowest BCUT2D eigenvalue weighted by atomic mass is 10.2. The van der Waals surface area contributed by atoms with Crippen LogP contribution in [-0.2, 0) is 9.53 Å². The fourth-order valence-corrected chi connectivity index (χ4v) is 0.998. The number of ether oxygens (including phenoxy) is 1. The quantitative estimate of drug-likeness (QED) is 0.250. The summed E-state index contributed by atoms with van der Waals surface area (Å²) in [7, 11) is 0. The molecule has 0 amide bonds. The van der Waals surface area contributed by atoms with Gasteiger partial charge in [0, 0.05) is 6.42 Å². The molecule has 1 aliphatic heterocycles. The van der Waals surface area contributed by atoms with E-state index >= 15 is 0 Å². The van der Waals surface area contributed by atoms with Crippen LogP contribution in [0.3, 0.4) is 0 Å². The number of aliphatic imine (C=N–C) groups is 1. The first kappa shape index (κ1) is 8.79. The Kier molecular flexibility index (Phi) is 2.49. The molecule has 2 atom stereocenters. The monoisotopic (exact) mass is 172 g/mol. The average molecular weight is 172 g/mol. The van der Waals surface area contributed by atoms with Crippen LogP contribution in [0, 0.1) is 0 Å². The largest absolute Gasteiger partial charge is 0.459 e. The summed E-state index contributed by atoms with van der Waals surface area (Å²) in [6.07, 6.45) is 0.213. The fraction of sp³-hybridized carbons (Fsp3) is 0.667. The summed E-state index contributed by atoms with van der Waals surface area (Å²) in [5.74, 6) is -0.391. The number of esters is 1. The van der Waals surface area contributed by atoms with E-state index in [-0.39, 0.29) is 18.0 Å². The maximum absolute atomic E-state index is 10.8. The highest BCUT2D eigenvalue weighted by Crippen LogP contribution is 2.12. The van der Waals surface area contributed by atoms with Crippen molar-refractivity contribution in [2.45, 2.75) is 18.6 Å². The number of guanidine groups is 1. The maximum atomic E-state index is 10.8. The third kappa shape index (κ3) is 2.09. The maximum Gasteiger partial charge on any atom is 0.323 e. The van der Waals surface area contributed by atoms with Crippen LogP contribution >= 0.6 is 0 Å². The number of nitrogens with two attached hydrogens (primary N) is 3. The molecule has 0 aromatic rings. The summed E-state index contributed by atoms with van der Waals surface area (Å²) in [6, 6.07) is -0.524. The molecule has 6 nitrogen and oxygen atoms in total. The normalized spacial score (nSPS) is 28.2. The van der Waals surface area contributed by atoms with Gasteiger partial charge in [0.2, 0.25) is 0 Å². The lowest BCUT2D eigenvalue weighted by Crippen LogP contribution is -2.25. The summed E-state index contributed by atoms with van der Waals surface area (Å²) in [5.41, 5.74) is 15.6. The molecule has 1 fully saturated rings. The van der Waals surface area contributed by atoms with E-state index in [0.717, 1.165) is 0 Å². The van der Waals surface area contributed by atoms with E-state index in [1.807, 2.05) is 0 Å². The number of hydrogen-bond acceptors (Lipinski definition) is 4. The molecular formula is C6H12N4O2. The van der Waals surface area contributed by atoms with Gasteiger partial charge in [-0.25, -0.2) is 4.99 Å². The van der Waals surface area contributed by atoms with Crippen LogP contribution in [0.5, 0.6) is 0 Å². The molecule has 1 rings (SSSR count). The molecule has 0 bridgehead atoms. The topological polar surface area (TPSA) is 117 Å². The van der Waals surface area contributed by atoms with Crippen molar-refractivity contribution in [3.8, 4) is 0 Å². The Morgan fingerprint density at radius 2 is 2.33 bits per heavy atom. The Morgan fingerprint density at radius 3 is 2.75 bits per heavy atom. The molecule has 6 heteroatoms. The van der Waals surface area contributed by atoms with E-state index < -0.39 is 6.04 Å². The smallest absolute Gasteiger partial charge is 0.323 e. The van der Waals surface area contributed by atoms with Crippen molar-refractivity contribution in [2.75, 3.05) is 6.54 Å². The van der Waals surface area contributed by atoms with E-state index in [1.54, 1.807) is 0 Å². The molecule has 0 aliphatic carbocycles. The molecule has 1 aliphatic rings. The molecule has 0 radical (unpaired) electrons. The van der Waals surface area contributed by atoms with Gasteiger partial charge in [-0.05, 0) is 0 Å². The highest BCUT2D eigenvalue weighted by molar-refractivity contribution is 5.78. The molecule has 68 valence electrons. The van der Waals surface area contributed by atoms with Crippen molar-refractivity contribution in [2.24, 2.45) is 22.2 Å². The highest BCUT2D eigenvalue weighted by atomic mass is 16.6. The van der Waals surface area contributed by atoms with E-state index in [9.17, 15) is 4.79 Å². The number of carbonyl (C=O) groups is 1. The predicted octanol–water partition coefficient (Wildman–Crippen LogP) is -2.10. The number of nitrogens with zero attached hydrogens (tertiary/aromatic N) is 1. The van der Waals surface area contributed by atoms with Crippen molar-refractivity contribution in [1.29, 1.82) is 0 Å². The third-order valence-electron chi connectivity index (χ3n) is 1.58. The summed E-state index contributed by atoms with van der Waals surface area (Å²) >= 11 is 0. The number of carbonyl (C=O) groups excluding carboxylic acids is 1. The zero-order valence-corrected chi connectivity index (χ0v) is 6.56. The van der Waals surface area contributed by atoms with Gasteiger partial charge in [0.15, 0.2) is 5.96 Å². The SMILES string of the molecule is NC(N)=NC[C@H]1C[C@@H](N)C(=O)O1. The zero-order chi connectivity index (χ0) is 9.14. The van der Waals surface area contributed by atoms with Gasteiger partial charge < -0.3 is 21.9 Å². The average Bonchev–Trinajstić information content (AvgIpc) is 2.28. The van der Waals surface area contributed by atoms with Gasteiger partial charge in [0.1, 0.15) is 12.1 Å². The van der Waals surface area contributed by atoms with Crippen LogP contribution in [0.2, 0.25) is 0 Å². The van der Waals surface area contributed by atoms with E-state index in [2.05, 4.69) is 4.99 Å². The molecule has 0 aromatic heterocycles. The molecule has 0 spiro atoms. The Hall–Kier alpha value is -1.30. The number of cyclic esters (lactones) is 1. The summed E-state index contributed by atoms with van der Waals surface area (Å²) in [4.78, 5) is 14.5. The lowest BCUT2D eigenvalue weighted by Gasteiger charge is -2.03. The van der Waals surface area contributed by atoms with Crippen molar-refractivity contribution in [3.05, 3.63) is 0 Å². The summed E-state index contributed by atoms with van der Waals surface area (Å²) < 4.78 is 4.84. The van der Waals surface area contributed by atoms with Crippen LogP contribution in [0.25, 0.3) is 0 Å². The van der Waals surface area contributed by atoms with Crippen molar-refractivity contribution in [1.82, 2.24) is 0 Å². The van der Waals surface area contributed by atoms with E-state index in [4.69, 9.17) is 21.9 Å². The van der Waals surface area contributed by atoms with Crippen molar-refractivity contribution < 1.29 is 9.53 Å². The second-order valence-corrected chi connectivity index (χ2v) is 2.67. The van der Waals surface area contributed by atoms with Crippen LogP contribution in [0.1, 0.15) is 6.42 Å². The van der Waals surface area contributed by atoms with E-state index in [1.165, 1.54) is 0 Å². The Balaban J connectivity index is 2.38. The number of rotatable bonds is 2. The van der Waals surface area contributed by atoms with Crippen LogP contribution in [0.4, 0.5) is 0 Å². The van der Waals surface area contributed by atoms with Gasteiger partial charge in [-0.1, -0.05) is 0 Å². The third-order valence-corrected chi connectivity index (χ3v) is 1.58. The standard InChI is InChI=1S/C6H12N4O2/c7-4-1-3(12-5(4)11)2-10-6(8)9/h3-4H,1-2,7H2,(H4,8,9,10)/t3-,4-/m1/s1. The second kappa shape index (κ2) is 3.40. The number of hydrogen-bond donors (Lipinski definition) is 3. The molecule has 0 aromatic carbocycles. The summed E-state index contributed by atoms with van der Waals surface area (Å²) in [5, 5.41) is 0. The fourth-order valence-electron chi connectivity index (χ4n) is 0.998. The highest BCUT2D eigenvalue weighted by Gasteiger charge is 2.30. The molecule has 1 heterocycles. The second-order valence-electron chi connectivity index (χ2n) is 2.67. The Morgan fingerprint density at radius 1 is 1.67 bits per heavy atom. The zero-order valence-electron chi connectivity index (χ0n) is 6.56. The predicted molar refractivity (Wildman–Crippen MR) is 43.1 cm³/mol. The van der Waals surface area contributed by atoms with Crippen LogP contribution < -0.4 is 17.2 Å². The Labute approximate surface area is 69.7 Å². The molecule has 6 N–H and O–H groups in total. The first-order valence-electron chi connectivity index (χ1n) is 3.61. The minimum atomic E-state index is -0.524.